The lowest BCUT2D eigenvalue weighted by Gasteiger charge is -2.38. The van der Waals surface area contributed by atoms with Gasteiger partial charge in [0.25, 0.3) is 0 Å². The fraction of sp³-hybridized carbons (Fsp3) is 0.476. The molecule has 1 aliphatic rings. The van der Waals surface area contributed by atoms with Gasteiger partial charge in [0.15, 0.2) is 0 Å². The van der Waals surface area contributed by atoms with Crippen LogP contribution in [0.15, 0.2) is 30.3 Å². The molecule has 1 aromatic carbocycles. The summed E-state index contributed by atoms with van der Waals surface area (Å²) >= 11 is 5.90. The summed E-state index contributed by atoms with van der Waals surface area (Å²) < 4.78 is 0. The average molecular weight is 402 g/mol. The molecular formula is C21H28ClN5O. The van der Waals surface area contributed by atoms with Gasteiger partial charge in [0.2, 0.25) is 5.91 Å². The number of aromatic nitrogens is 2. The summed E-state index contributed by atoms with van der Waals surface area (Å²) in [6, 6.07) is 9.02. The normalized spacial score (nSPS) is 16.3. The van der Waals surface area contributed by atoms with Gasteiger partial charge in [0, 0.05) is 54.6 Å². The van der Waals surface area contributed by atoms with Crippen LogP contribution in [0.3, 0.4) is 0 Å². The van der Waals surface area contributed by atoms with Crippen LogP contribution in [0.2, 0.25) is 5.02 Å². The van der Waals surface area contributed by atoms with E-state index in [1.54, 1.807) is 12.1 Å². The number of carbonyl (C=O) groups is 1. The lowest BCUT2D eigenvalue weighted by molar-refractivity contribution is -0.120. The molecule has 0 saturated carbocycles. The molecule has 0 unspecified atom stereocenters. The van der Waals surface area contributed by atoms with Crippen molar-refractivity contribution >= 4 is 29.0 Å². The van der Waals surface area contributed by atoms with Gasteiger partial charge in [-0.2, -0.15) is 0 Å². The molecule has 0 radical (unpaired) electrons. The van der Waals surface area contributed by atoms with E-state index in [0.717, 1.165) is 49.2 Å². The van der Waals surface area contributed by atoms with Gasteiger partial charge >= 0.3 is 0 Å². The van der Waals surface area contributed by atoms with Crippen molar-refractivity contribution in [2.24, 2.45) is 0 Å². The maximum Gasteiger partial charge on any atom is 0.241 e. The van der Waals surface area contributed by atoms with Crippen molar-refractivity contribution in [3.05, 3.63) is 46.9 Å². The van der Waals surface area contributed by atoms with Crippen molar-refractivity contribution < 1.29 is 4.79 Å². The fourth-order valence-corrected chi connectivity index (χ4v) is 3.40. The number of nitrogens with zero attached hydrogens (tertiary/aromatic N) is 4. The van der Waals surface area contributed by atoms with Crippen LogP contribution in [-0.2, 0) is 4.79 Å². The van der Waals surface area contributed by atoms with Crippen molar-refractivity contribution in [1.29, 1.82) is 0 Å². The molecule has 6 nitrogen and oxygen atoms in total. The van der Waals surface area contributed by atoms with E-state index < -0.39 is 0 Å². The van der Waals surface area contributed by atoms with Crippen molar-refractivity contribution in [2.45, 2.75) is 39.7 Å². The van der Waals surface area contributed by atoms with Gasteiger partial charge in [0.1, 0.15) is 11.6 Å². The Morgan fingerprint density at radius 1 is 1.07 bits per heavy atom. The van der Waals surface area contributed by atoms with E-state index in [1.807, 2.05) is 32.0 Å². The van der Waals surface area contributed by atoms with Gasteiger partial charge in [-0.1, -0.05) is 25.4 Å². The second-order valence-electron chi connectivity index (χ2n) is 7.58. The molecule has 1 N–H and O–H groups in total. The van der Waals surface area contributed by atoms with Crippen molar-refractivity contribution in [3.8, 4) is 0 Å². The zero-order valence-electron chi connectivity index (χ0n) is 16.9. The highest BCUT2D eigenvalue weighted by atomic mass is 35.5. The minimum absolute atomic E-state index is 0.00394. The lowest BCUT2D eigenvalue weighted by Crippen LogP contribution is -2.53. The number of piperazine rings is 1. The highest BCUT2D eigenvalue weighted by Crippen LogP contribution is 2.20. The largest absolute Gasteiger partial charge is 0.354 e. The van der Waals surface area contributed by atoms with E-state index in [1.165, 1.54) is 0 Å². The maximum absolute atomic E-state index is 12.6. The van der Waals surface area contributed by atoms with Gasteiger partial charge in [0.05, 0.1) is 6.04 Å². The molecule has 1 saturated heterocycles. The van der Waals surface area contributed by atoms with Crippen LogP contribution in [-0.4, -0.2) is 53.0 Å². The molecule has 2 heterocycles. The Labute approximate surface area is 171 Å². The molecule has 1 amide bonds. The van der Waals surface area contributed by atoms with Gasteiger partial charge in [-0.15, -0.1) is 0 Å². The molecule has 1 fully saturated rings. The van der Waals surface area contributed by atoms with Crippen molar-refractivity contribution in [1.82, 2.24) is 14.9 Å². The summed E-state index contributed by atoms with van der Waals surface area (Å²) in [7, 11) is 0. The number of hydrogen-bond acceptors (Lipinski definition) is 5. The Hall–Kier alpha value is -2.18. The number of aryl methyl sites for hydroxylation is 1. The Bertz CT molecular complexity index is 816. The molecule has 0 bridgehead atoms. The third-order valence-electron chi connectivity index (χ3n) is 5.05. The van der Waals surface area contributed by atoms with E-state index in [0.29, 0.717) is 10.9 Å². The first-order chi connectivity index (χ1) is 13.3. The predicted octanol–water partition coefficient (Wildman–Crippen LogP) is 3.71. The number of rotatable bonds is 5. The van der Waals surface area contributed by atoms with Crippen LogP contribution in [0.5, 0.6) is 0 Å². The van der Waals surface area contributed by atoms with E-state index in [4.69, 9.17) is 16.6 Å². The summed E-state index contributed by atoms with van der Waals surface area (Å²) in [6.07, 6.45) is 0. The standard InChI is InChI=1S/C21H28ClN5O/c1-14(2)20-23-15(3)13-19(25-20)27-11-9-26(10-12-27)16(4)21(28)24-18-7-5-17(22)6-8-18/h5-8,13-14,16H,9-12H2,1-4H3,(H,24,28)/t16-/m1/s1. The number of amides is 1. The smallest absolute Gasteiger partial charge is 0.241 e. The Morgan fingerprint density at radius 3 is 2.32 bits per heavy atom. The molecule has 0 spiro atoms. The number of hydrogen-bond donors (Lipinski definition) is 1. The van der Waals surface area contributed by atoms with Gasteiger partial charge in [-0.05, 0) is 38.1 Å². The van der Waals surface area contributed by atoms with Crippen molar-refractivity contribution in [3.63, 3.8) is 0 Å². The molecule has 3 rings (SSSR count). The highest BCUT2D eigenvalue weighted by molar-refractivity contribution is 6.30. The predicted molar refractivity (Wildman–Crippen MR) is 114 cm³/mol. The number of anilines is 2. The molecule has 1 atom stereocenters. The third-order valence-corrected chi connectivity index (χ3v) is 5.30. The molecule has 28 heavy (non-hydrogen) atoms. The summed E-state index contributed by atoms with van der Waals surface area (Å²) in [5, 5.41) is 3.62. The fourth-order valence-electron chi connectivity index (χ4n) is 3.28. The monoisotopic (exact) mass is 401 g/mol. The molecule has 2 aromatic rings. The van der Waals surface area contributed by atoms with E-state index >= 15 is 0 Å². The number of carbonyl (C=O) groups excluding carboxylic acids is 1. The Morgan fingerprint density at radius 2 is 1.71 bits per heavy atom. The van der Waals surface area contributed by atoms with Crippen LogP contribution < -0.4 is 10.2 Å². The lowest BCUT2D eigenvalue weighted by atomic mass is 10.2. The minimum atomic E-state index is -0.198. The first-order valence-corrected chi connectivity index (χ1v) is 10.1. The number of nitrogens with one attached hydrogen (secondary N) is 1. The highest BCUT2D eigenvalue weighted by Gasteiger charge is 2.26. The van der Waals surface area contributed by atoms with Gasteiger partial charge < -0.3 is 10.2 Å². The average Bonchev–Trinajstić information content (AvgIpc) is 2.68. The van der Waals surface area contributed by atoms with Crippen LogP contribution in [0.25, 0.3) is 0 Å². The zero-order valence-corrected chi connectivity index (χ0v) is 17.7. The number of benzene rings is 1. The maximum atomic E-state index is 12.6. The summed E-state index contributed by atoms with van der Waals surface area (Å²) in [5.74, 6) is 2.16. The molecule has 0 aliphatic carbocycles. The molecule has 150 valence electrons. The van der Waals surface area contributed by atoms with Crippen LogP contribution in [0.1, 0.15) is 38.2 Å². The minimum Gasteiger partial charge on any atom is -0.354 e. The first kappa shape index (κ1) is 20.6. The first-order valence-electron chi connectivity index (χ1n) is 9.74. The quantitative estimate of drug-likeness (QED) is 0.827. The molecule has 1 aliphatic heterocycles. The summed E-state index contributed by atoms with van der Waals surface area (Å²) in [6.45, 7) is 11.5. The number of halogens is 1. The molecule has 1 aromatic heterocycles. The van der Waals surface area contributed by atoms with Crippen LogP contribution in [0.4, 0.5) is 11.5 Å². The Balaban J connectivity index is 1.58. The van der Waals surface area contributed by atoms with Crippen LogP contribution in [0, 0.1) is 6.92 Å². The summed E-state index contributed by atoms with van der Waals surface area (Å²) in [5.41, 5.74) is 1.75. The second kappa shape index (κ2) is 8.88. The summed E-state index contributed by atoms with van der Waals surface area (Å²) in [4.78, 5) is 26.3. The Kier molecular flexibility index (Phi) is 6.52. The third kappa shape index (κ3) is 5.00. The van der Waals surface area contributed by atoms with E-state index in [2.05, 4.69) is 33.9 Å². The zero-order chi connectivity index (χ0) is 20.3. The topological polar surface area (TPSA) is 61.4 Å². The SMILES string of the molecule is Cc1cc(N2CCN([C@H](C)C(=O)Nc3ccc(Cl)cc3)CC2)nc(C(C)C)n1. The van der Waals surface area contributed by atoms with Crippen LogP contribution >= 0.6 is 11.6 Å². The van der Waals surface area contributed by atoms with Gasteiger partial charge in [-0.3, -0.25) is 9.69 Å². The van der Waals surface area contributed by atoms with E-state index in [9.17, 15) is 4.79 Å². The second-order valence-corrected chi connectivity index (χ2v) is 8.01. The molecule has 7 heteroatoms. The van der Waals surface area contributed by atoms with Crippen molar-refractivity contribution in [2.75, 3.05) is 36.4 Å². The molecular weight excluding hydrogens is 374 g/mol. The van der Waals surface area contributed by atoms with Gasteiger partial charge in [-0.25, -0.2) is 9.97 Å². The van der Waals surface area contributed by atoms with E-state index in [-0.39, 0.29) is 11.9 Å².